The smallest absolute Gasteiger partial charge is 0.215 e. The summed E-state index contributed by atoms with van der Waals surface area (Å²) < 4.78 is 16.6. The molecule has 0 spiro atoms. The van der Waals surface area contributed by atoms with Crippen LogP contribution >= 0.6 is 19.0 Å². The van der Waals surface area contributed by atoms with Crippen LogP contribution in [0.25, 0.3) is 0 Å². The van der Waals surface area contributed by atoms with Gasteiger partial charge in [0.2, 0.25) is 13.9 Å². The second kappa shape index (κ2) is 5.58. The fraction of sp³-hybridized carbons (Fsp3) is 1.00. The highest BCUT2D eigenvalue weighted by Gasteiger charge is 2.28. The summed E-state index contributed by atoms with van der Waals surface area (Å²) in [6.45, 7) is 2.76. The molecule has 0 heterocycles. The number of hydrogen-bond donors (Lipinski definition) is 0. The van der Waals surface area contributed by atoms with Gasteiger partial charge < -0.3 is 4.52 Å². The summed E-state index contributed by atoms with van der Waals surface area (Å²) in [6, 6.07) is 0. The molecule has 0 aliphatic carbocycles. The van der Waals surface area contributed by atoms with Gasteiger partial charge in [0.05, 0.1) is 12.3 Å². The molecule has 0 rings (SSSR count). The zero-order valence-electron chi connectivity index (χ0n) is 7.60. The van der Waals surface area contributed by atoms with Crippen LogP contribution in [0.1, 0.15) is 6.92 Å². The summed E-state index contributed by atoms with van der Waals surface area (Å²) in [7, 11) is -2.88. The first-order valence-electron chi connectivity index (χ1n) is 3.79. The molecule has 2 unspecified atom stereocenters. The van der Waals surface area contributed by atoms with Crippen molar-refractivity contribution in [2.45, 2.75) is 12.6 Å². The predicted octanol–water partition coefficient (Wildman–Crippen LogP) is 1.81. The average Bonchev–Trinajstić information content (AvgIpc) is 1.99. The maximum atomic E-state index is 11.6. The van der Waals surface area contributed by atoms with E-state index >= 15 is 0 Å². The van der Waals surface area contributed by atoms with E-state index in [4.69, 9.17) is 16.1 Å². The molecule has 2 atom stereocenters. The van der Waals surface area contributed by atoms with Gasteiger partial charge in [-0.2, -0.15) is 0 Å². The minimum atomic E-state index is -2.88. The van der Waals surface area contributed by atoms with Crippen molar-refractivity contribution in [2.75, 3.05) is 25.7 Å². The van der Waals surface area contributed by atoms with Gasteiger partial charge in [0.15, 0.2) is 0 Å². The first-order valence-corrected chi connectivity index (χ1v) is 6.47. The van der Waals surface area contributed by atoms with Crippen molar-refractivity contribution in [2.24, 2.45) is 0 Å². The van der Waals surface area contributed by atoms with Crippen molar-refractivity contribution in [3.05, 3.63) is 10.1 Å². The van der Waals surface area contributed by atoms with E-state index in [1.54, 1.807) is 0 Å². The maximum absolute atomic E-state index is 11.6. The summed E-state index contributed by atoms with van der Waals surface area (Å²) >= 11 is 5.34. The number of nitro groups is 1. The average molecular weight is 230 g/mol. The van der Waals surface area contributed by atoms with Gasteiger partial charge >= 0.3 is 0 Å². The lowest BCUT2D eigenvalue weighted by atomic mass is 10.5. The first kappa shape index (κ1) is 12.9. The van der Waals surface area contributed by atoms with E-state index in [9.17, 15) is 14.7 Å². The molecule has 0 aliphatic rings. The molecule has 0 saturated carbocycles. The van der Waals surface area contributed by atoms with Crippen molar-refractivity contribution < 1.29 is 14.0 Å². The summed E-state index contributed by atoms with van der Waals surface area (Å²) in [5, 5.41) is 10.1. The minimum absolute atomic E-state index is 0.164. The molecule has 7 heteroatoms. The van der Waals surface area contributed by atoms with Crippen LogP contribution in [0.5, 0.6) is 0 Å². The topological polar surface area (TPSA) is 69.4 Å². The Labute approximate surface area is 82.0 Å². The fourth-order valence-corrected chi connectivity index (χ4v) is 2.03. The van der Waals surface area contributed by atoms with Crippen LogP contribution < -0.4 is 0 Å². The third-order valence-corrected chi connectivity index (χ3v) is 4.25. The van der Waals surface area contributed by atoms with Crippen LogP contribution in [0, 0.1) is 10.1 Å². The molecule has 0 N–H and O–H groups in total. The molecule has 0 amide bonds. The van der Waals surface area contributed by atoms with Crippen molar-refractivity contribution in [3.63, 3.8) is 0 Å². The van der Waals surface area contributed by atoms with E-state index in [0.717, 1.165) is 0 Å². The molecule has 0 radical (unpaired) electrons. The van der Waals surface area contributed by atoms with Gasteiger partial charge in [-0.1, -0.05) is 0 Å². The van der Waals surface area contributed by atoms with Gasteiger partial charge in [0, 0.05) is 17.5 Å². The molecular formula is C6H13ClNO4P. The highest BCUT2D eigenvalue weighted by molar-refractivity contribution is 7.58. The molecule has 0 aromatic heterocycles. The van der Waals surface area contributed by atoms with Crippen molar-refractivity contribution in [1.29, 1.82) is 0 Å². The number of hydrogen-bond acceptors (Lipinski definition) is 4. The number of alkyl halides is 1. The highest BCUT2D eigenvalue weighted by atomic mass is 35.5. The number of nitrogens with zero attached hydrogens (tertiary/aromatic N) is 1. The van der Waals surface area contributed by atoms with Gasteiger partial charge in [-0.05, 0) is 6.92 Å². The molecular weight excluding hydrogens is 216 g/mol. The lowest BCUT2D eigenvalue weighted by Crippen LogP contribution is -2.18. The molecule has 0 aromatic carbocycles. The molecule has 0 fully saturated rings. The van der Waals surface area contributed by atoms with Crippen LogP contribution in [0.2, 0.25) is 0 Å². The molecule has 0 bridgehead atoms. The van der Waals surface area contributed by atoms with Gasteiger partial charge in [-0.15, -0.1) is 11.6 Å². The van der Waals surface area contributed by atoms with E-state index in [0.29, 0.717) is 0 Å². The molecule has 5 nitrogen and oxygen atoms in total. The Kier molecular flexibility index (Phi) is 5.53. The molecule has 0 aromatic rings. The van der Waals surface area contributed by atoms with E-state index in [1.165, 1.54) is 13.6 Å². The molecule has 78 valence electrons. The Hall–Kier alpha value is -0.120. The van der Waals surface area contributed by atoms with Gasteiger partial charge in [0.25, 0.3) is 0 Å². The Morgan fingerprint density at radius 1 is 1.69 bits per heavy atom. The molecule has 0 aliphatic heterocycles. The van der Waals surface area contributed by atoms with Crippen LogP contribution in [-0.2, 0) is 9.09 Å². The summed E-state index contributed by atoms with van der Waals surface area (Å²) in [6.07, 6.45) is 0. The third-order valence-electron chi connectivity index (χ3n) is 1.64. The lowest BCUT2D eigenvalue weighted by Gasteiger charge is -2.16. The Bertz CT molecular complexity index is 223. The first-order chi connectivity index (χ1) is 5.90. The van der Waals surface area contributed by atoms with Gasteiger partial charge in [-0.25, -0.2) is 0 Å². The maximum Gasteiger partial charge on any atom is 0.215 e. The van der Waals surface area contributed by atoms with Crippen LogP contribution in [0.15, 0.2) is 0 Å². The zero-order chi connectivity index (χ0) is 10.5. The standard InChI is InChI=1S/C6H13ClNO4P/c1-6(5-8(9)10)13(2,11)12-4-3-7/h6H,3-5H2,1-2H3. The molecule has 13 heavy (non-hydrogen) atoms. The number of rotatable bonds is 6. The van der Waals surface area contributed by atoms with Crippen LogP contribution in [-0.4, -0.2) is 36.3 Å². The SMILES string of the molecule is CC(C[N+](=O)[O-])P(C)(=O)OCCCl. The quantitative estimate of drug-likeness (QED) is 0.301. The van der Waals surface area contributed by atoms with Crippen molar-refractivity contribution in [1.82, 2.24) is 0 Å². The fourth-order valence-electron chi connectivity index (χ4n) is 0.707. The van der Waals surface area contributed by atoms with Crippen LogP contribution in [0.4, 0.5) is 0 Å². The summed E-state index contributed by atoms with van der Waals surface area (Å²) in [5.41, 5.74) is -0.564. The predicted molar refractivity (Wildman–Crippen MR) is 51.5 cm³/mol. The Balaban J connectivity index is 4.10. The second-order valence-electron chi connectivity index (χ2n) is 2.80. The summed E-state index contributed by atoms with van der Waals surface area (Å²) in [5.74, 6) is 0.239. The lowest BCUT2D eigenvalue weighted by molar-refractivity contribution is -0.479. The van der Waals surface area contributed by atoms with Gasteiger partial charge in [0.1, 0.15) is 0 Å². The van der Waals surface area contributed by atoms with E-state index in [-0.39, 0.29) is 19.0 Å². The van der Waals surface area contributed by atoms with Crippen molar-refractivity contribution in [3.8, 4) is 0 Å². The van der Waals surface area contributed by atoms with Crippen molar-refractivity contribution >= 4 is 19.0 Å². The van der Waals surface area contributed by atoms with Gasteiger partial charge in [-0.3, -0.25) is 14.7 Å². The minimum Gasteiger partial charge on any atom is -0.327 e. The van der Waals surface area contributed by atoms with E-state index in [2.05, 4.69) is 0 Å². The Morgan fingerprint density at radius 3 is 2.62 bits per heavy atom. The highest BCUT2D eigenvalue weighted by Crippen LogP contribution is 2.47. The summed E-state index contributed by atoms with van der Waals surface area (Å²) in [4.78, 5) is 9.64. The number of halogens is 1. The monoisotopic (exact) mass is 229 g/mol. The van der Waals surface area contributed by atoms with Crippen LogP contribution in [0.3, 0.4) is 0 Å². The largest absolute Gasteiger partial charge is 0.327 e. The second-order valence-corrected chi connectivity index (χ2v) is 6.13. The third kappa shape index (κ3) is 5.24. The zero-order valence-corrected chi connectivity index (χ0v) is 9.25. The normalized spacial score (nSPS) is 17.8. The Morgan fingerprint density at radius 2 is 2.23 bits per heavy atom. The molecule has 0 saturated heterocycles. The van der Waals surface area contributed by atoms with E-state index < -0.39 is 18.0 Å². The van der Waals surface area contributed by atoms with E-state index in [1.807, 2.05) is 0 Å².